The molecule has 0 aromatic heterocycles. The van der Waals surface area contributed by atoms with E-state index in [9.17, 15) is 5.11 Å². The standard InChI is InChI=1S/C24H32O7/c1-13-9-14-10-16(26-3)20(28-5)22(30-7)18(14)19-15(12-24(13,2)25)11-17(27-4)21(29-6)23(19)31-8/h10-11,13,25H,9,12H2,1-8H3/t13-,24-/m0/s1. The number of methoxy groups -OCH3 is 6. The fourth-order valence-corrected chi connectivity index (χ4v) is 4.37. The first kappa shape index (κ1) is 22.9. The molecule has 0 saturated heterocycles. The minimum Gasteiger partial charge on any atom is -0.493 e. The summed E-state index contributed by atoms with van der Waals surface area (Å²) in [4.78, 5) is 0. The minimum atomic E-state index is -0.961. The van der Waals surface area contributed by atoms with E-state index in [-0.39, 0.29) is 5.92 Å². The van der Waals surface area contributed by atoms with Gasteiger partial charge in [0.25, 0.3) is 0 Å². The van der Waals surface area contributed by atoms with Crippen LogP contribution in [0.15, 0.2) is 12.1 Å². The van der Waals surface area contributed by atoms with Crippen LogP contribution >= 0.6 is 0 Å². The van der Waals surface area contributed by atoms with Crippen molar-refractivity contribution < 1.29 is 33.5 Å². The predicted molar refractivity (Wildman–Crippen MR) is 118 cm³/mol. The molecule has 170 valence electrons. The Morgan fingerprint density at radius 2 is 1.13 bits per heavy atom. The quantitative estimate of drug-likeness (QED) is 0.742. The average molecular weight is 433 g/mol. The van der Waals surface area contributed by atoms with Crippen molar-refractivity contribution in [3.8, 4) is 45.6 Å². The van der Waals surface area contributed by atoms with Gasteiger partial charge >= 0.3 is 0 Å². The Hall–Kier alpha value is -2.80. The summed E-state index contributed by atoms with van der Waals surface area (Å²) < 4.78 is 34.2. The van der Waals surface area contributed by atoms with Gasteiger partial charge in [-0.3, -0.25) is 0 Å². The molecule has 0 fully saturated rings. The zero-order valence-corrected chi connectivity index (χ0v) is 19.5. The lowest BCUT2D eigenvalue weighted by atomic mass is 9.75. The van der Waals surface area contributed by atoms with E-state index >= 15 is 0 Å². The van der Waals surface area contributed by atoms with E-state index in [1.165, 1.54) is 0 Å². The van der Waals surface area contributed by atoms with Crippen molar-refractivity contribution in [3.63, 3.8) is 0 Å². The molecule has 1 aliphatic carbocycles. The van der Waals surface area contributed by atoms with Crippen molar-refractivity contribution in [1.82, 2.24) is 0 Å². The highest BCUT2D eigenvalue weighted by atomic mass is 16.5. The van der Waals surface area contributed by atoms with Crippen LogP contribution in [0.1, 0.15) is 25.0 Å². The fraction of sp³-hybridized carbons (Fsp3) is 0.500. The maximum atomic E-state index is 11.3. The summed E-state index contributed by atoms with van der Waals surface area (Å²) in [5, 5.41) is 11.3. The van der Waals surface area contributed by atoms with Crippen LogP contribution < -0.4 is 28.4 Å². The highest BCUT2D eigenvalue weighted by Gasteiger charge is 2.38. The number of hydrogen-bond acceptors (Lipinski definition) is 7. The van der Waals surface area contributed by atoms with Crippen LogP contribution in [0.25, 0.3) is 11.1 Å². The number of aliphatic hydroxyl groups is 1. The molecule has 0 bridgehead atoms. The van der Waals surface area contributed by atoms with E-state index < -0.39 is 5.60 Å². The van der Waals surface area contributed by atoms with Crippen molar-refractivity contribution in [2.24, 2.45) is 5.92 Å². The lowest BCUT2D eigenvalue weighted by Gasteiger charge is -2.36. The second-order valence-corrected chi connectivity index (χ2v) is 8.00. The molecular formula is C24H32O7. The van der Waals surface area contributed by atoms with Crippen LogP contribution in [-0.4, -0.2) is 53.4 Å². The first-order valence-electron chi connectivity index (χ1n) is 10.1. The third-order valence-electron chi connectivity index (χ3n) is 6.21. The molecule has 0 saturated carbocycles. The van der Waals surface area contributed by atoms with Crippen LogP contribution in [0.5, 0.6) is 34.5 Å². The number of hydrogen-bond donors (Lipinski definition) is 1. The predicted octanol–water partition coefficient (Wildman–Crippen LogP) is 3.89. The van der Waals surface area contributed by atoms with E-state index in [0.29, 0.717) is 47.3 Å². The number of fused-ring (bicyclic) bond motifs is 3. The maximum Gasteiger partial charge on any atom is 0.203 e. The van der Waals surface area contributed by atoms with E-state index in [1.54, 1.807) is 42.7 Å². The van der Waals surface area contributed by atoms with Gasteiger partial charge in [0.2, 0.25) is 11.5 Å². The van der Waals surface area contributed by atoms with Crippen LogP contribution in [-0.2, 0) is 12.8 Å². The molecule has 0 radical (unpaired) electrons. The second-order valence-electron chi connectivity index (χ2n) is 8.00. The Balaban J connectivity index is 2.54. The first-order chi connectivity index (χ1) is 14.8. The van der Waals surface area contributed by atoms with Crippen LogP contribution in [0.4, 0.5) is 0 Å². The maximum absolute atomic E-state index is 11.3. The third kappa shape index (κ3) is 3.71. The van der Waals surface area contributed by atoms with Crippen molar-refractivity contribution >= 4 is 0 Å². The fourth-order valence-electron chi connectivity index (χ4n) is 4.37. The molecule has 1 N–H and O–H groups in total. The molecular weight excluding hydrogens is 400 g/mol. The van der Waals surface area contributed by atoms with Gasteiger partial charge in [-0.25, -0.2) is 0 Å². The lowest BCUT2D eigenvalue weighted by Crippen LogP contribution is -2.37. The Kier molecular flexibility index (Phi) is 6.46. The van der Waals surface area contributed by atoms with Gasteiger partial charge < -0.3 is 33.5 Å². The second kappa shape index (κ2) is 8.75. The zero-order valence-electron chi connectivity index (χ0n) is 19.5. The molecule has 3 rings (SSSR count). The van der Waals surface area contributed by atoms with E-state index in [2.05, 4.69) is 0 Å². The summed E-state index contributed by atoms with van der Waals surface area (Å²) in [5.41, 5.74) is 2.46. The zero-order chi connectivity index (χ0) is 22.9. The molecule has 0 aliphatic heterocycles. The number of rotatable bonds is 6. The lowest BCUT2D eigenvalue weighted by molar-refractivity contribution is 0.00628. The SMILES string of the molecule is COc1cc2c(c(OC)c1OC)-c1c(cc(OC)c(OC)c1OC)C[C@](C)(O)[C@@H](C)C2. The van der Waals surface area contributed by atoms with Gasteiger partial charge in [0, 0.05) is 17.5 Å². The molecule has 1 aliphatic rings. The smallest absolute Gasteiger partial charge is 0.203 e. The Bertz CT molecular complexity index is 965. The van der Waals surface area contributed by atoms with E-state index in [4.69, 9.17) is 28.4 Å². The van der Waals surface area contributed by atoms with Crippen molar-refractivity contribution in [2.45, 2.75) is 32.3 Å². The molecule has 2 aromatic carbocycles. The van der Waals surface area contributed by atoms with Gasteiger partial charge in [0.1, 0.15) is 0 Å². The van der Waals surface area contributed by atoms with Gasteiger partial charge in [-0.05, 0) is 42.5 Å². The number of benzene rings is 2. The van der Waals surface area contributed by atoms with Gasteiger partial charge in [-0.1, -0.05) is 6.92 Å². The molecule has 7 nitrogen and oxygen atoms in total. The monoisotopic (exact) mass is 432 g/mol. The summed E-state index contributed by atoms with van der Waals surface area (Å²) in [6.45, 7) is 3.89. The van der Waals surface area contributed by atoms with Crippen molar-refractivity contribution in [2.75, 3.05) is 42.7 Å². The molecule has 0 spiro atoms. The highest BCUT2D eigenvalue weighted by molar-refractivity contribution is 5.88. The Labute approximate surface area is 183 Å². The largest absolute Gasteiger partial charge is 0.493 e. The summed E-state index contributed by atoms with van der Waals surface area (Å²) in [7, 11) is 9.51. The summed E-state index contributed by atoms with van der Waals surface area (Å²) >= 11 is 0. The van der Waals surface area contributed by atoms with Crippen LogP contribution in [0.3, 0.4) is 0 Å². The van der Waals surface area contributed by atoms with Crippen LogP contribution in [0.2, 0.25) is 0 Å². The molecule has 31 heavy (non-hydrogen) atoms. The highest BCUT2D eigenvalue weighted by Crippen LogP contribution is 2.56. The van der Waals surface area contributed by atoms with Gasteiger partial charge in [-0.2, -0.15) is 0 Å². The molecule has 0 heterocycles. The number of ether oxygens (including phenoxy) is 6. The van der Waals surface area contributed by atoms with Crippen LogP contribution in [0, 0.1) is 5.92 Å². The molecule has 7 heteroatoms. The summed E-state index contributed by atoms with van der Waals surface area (Å²) in [5.74, 6) is 3.06. The molecule has 2 atom stereocenters. The summed E-state index contributed by atoms with van der Waals surface area (Å²) in [6, 6.07) is 3.83. The van der Waals surface area contributed by atoms with Gasteiger partial charge in [0.15, 0.2) is 23.0 Å². The normalized spacial score (nSPS) is 20.0. The molecule has 2 aromatic rings. The molecule has 0 unspecified atom stereocenters. The first-order valence-corrected chi connectivity index (χ1v) is 10.1. The average Bonchev–Trinajstić information content (AvgIpc) is 2.76. The minimum absolute atomic E-state index is 0.0405. The molecule has 0 amide bonds. The van der Waals surface area contributed by atoms with Gasteiger partial charge in [-0.15, -0.1) is 0 Å². The Morgan fingerprint density at radius 1 is 0.710 bits per heavy atom. The summed E-state index contributed by atoms with van der Waals surface area (Å²) in [6.07, 6.45) is 1.01. The topological polar surface area (TPSA) is 75.6 Å². The van der Waals surface area contributed by atoms with Gasteiger partial charge in [0.05, 0.1) is 48.3 Å². The third-order valence-corrected chi connectivity index (χ3v) is 6.21. The van der Waals surface area contributed by atoms with E-state index in [0.717, 1.165) is 22.3 Å². The van der Waals surface area contributed by atoms with E-state index in [1.807, 2.05) is 26.0 Å². The van der Waals surface area contributed by atoms with Crippen molar-refractivity contribution in [3.05, 3.63) is 23.3 Å². The van der Waals surface area contributed by atoms with Crippen molar-refractivity contribution in [1.29, 1.82) is 0 Å². The Morgan fingerprint density at radius 3 is 1.55 bits per heavy atom.